The molecule has 4 aromatic rings. The van der Waals surface area contributed by atoms with E-state index < -0.39 is 18.0 Å². The monoisotopic (exact) mass is 460 g/mol. The van der Waals surface area contributed by atoms with Gasteiger partial charge < -0.3 is 10.1 Å². The van der Waals surface area contributed by atoms with Crippen molar-refractivity contribution in [1.82, 2.24) is 20.1 Å². The van der Waals surface area contributed by atoms with E-state index in [2.05, 4.69) is 10.4 Å². The van der Waals surface area contributed by atoms with Gasteiger partial charge >= 0.3 is 5.97 Å². The number of hydrogen-bond donors (Lipinski definition) is 1. The molecule has 2 aromatic heterocycles. The number of aromatic nitrogens is 3. The fourth-order valence-electron chi connectivity index (χ4n) is 3.65. The maximum atomic E-state index is 13.2. The Kier molecular flexibility index (Phi) is 6.67. The zero-order valence-electron chi connectivity index (χ0n) is 19.2. The van der Waals surface area contributed by atoms with Gasteiger partial charge in [0.1, 0.15) is 5.82 Å². The largest absolute Gasteiger partial charge is 0.449 e. The summed E-state index contributed by atoms with van der Waals surface area (Å²) in [6.45, 7) is 5.81. The molecule has 0 bridgehead atoms. The molecule has 4 rings (SSSR count). The molecule has 2 unspecified atom stereocenters. The predicted molar refractivity (Wildman–Crippen MR) is 126 cm³/mol. The summed E-state index contributed by atoms with van der Waals surface area (Å²) in [7, 11) is 0. The van der Waals surface area contributed by atoms with Gasteiger partial charge in [-0.2, -0.15) is 5.10 Å². The molecule has 8 heteroatoms. The highest BCUT2D eigenvalue weighted by molar-refractivity contribution is 6.04. The van der Waals surface area contributed by atoms with Gasteiger partial charge in [-0.1, -0.05) is 42.5 Å². The van der Waals surface area contributed by atoms with Gasteiger partial charge in [-0.05, 0) is 44.5 Å². The third-order valence-electron chi connectivity index (χ3n) is 5.58. The molecule has 2 heterocycles. The lowest BCUT2D eigenvalue weighted by Gasteiger charge is -2.18. The summed E-state index contributed by atoms with van der Waals surface area (Å²) in [5.74, 6) is -1.45. The van der Waals surface area contributed by atoms with Crippen LogP contribution in [0.2, 0.25) is 0 Å². The third-order valence-corrected chi connectivity index (χ3v) is 5.58. The van der Waals surface area contributed by atoms with Crippen molar-refractivity contribution in [1.29, 1.82) is 0 Å². The van der Waals surface area contributed by atoms with E-state index >= 15 is 0 Å². The van der Waals surface area contributed by atoms with Crippen molar-refractivity contribution in [3.8, 4) is 11.3 Å². The summed E-state index contributed by atoms with van der Waals surface area (Å²) in [4.78, 5) is 30.5. The Labute approximate surface area is 196 Å². The van der Waals surface area contributed by atoms with Crippen LogP contribution in [0.3, 0.4) is 0 Å². The van der Waals surface area contributed by atoms with Gasteiger partial charge in [-0.15, -0.1) is 0 Å². The van der Waals surface area contributed by atoms with Crippen LogP contribution >= 0.6 is 0 Å². The first-order chi connectivity index (χ1) is 16.4. The lowest BCUT2D eigenvalue weighted by Crippen LogP contribution is -2.37. The fourth-order valence-corrected chi connectivity index (χ4v) is 3.65. The Morgan fingerprint density at radius 2 is 1.79 bits per heavy atom. The van der Waals surface area contributed by atoms with E-state index in [9.17, 15) is 14.0 Å². The molecule has 174 valence electrons. The summed E-state index contributed by atoms with van der Waals surface area (Å²) in [6, 6.07) is 16.6. The minimum atomic E-state index is -1.04. The molecule has 34 heavy (non-hydrogen) atoms. The van der Waals surface area contributed by atoms with Crippen LogP contribution in [0.1, 0.15) is 42.7 Å². The van der Waals surface area contributed by atoms with Crippen LogP contribution in [0.4, 0.5) is 4.39 Å². The van der Waals surface area contributed by atoms with Gasteiger partial charge in [0.05, 0.1) is 28.9 Å². The number of carbonyl (C=O) groups excluding carboxylic acids is 2. The Morgan fingerprint density at radius 1 is 1.09 bits per heavy atom. The van der Waals surface area contributed by atoms with Crippen molar-refractivity contribution in [2.75, 3.05) is 0 Å². The van der Waals surface area contributed by atoms with Crippen LogP contribution in [-0.2, 0) is 16.1 Å². The van der Waals surface area contributed by atoms with E-state index in [4.69, 9.17) is 9.72 Å². The van der Waals surface area contributed by atoms with Gasteiger partial charge in [0.25, 0.3) is 5.91 Å². The van der Waals surface area contributed by atoms with Gasteiger partial charge in [-0.25, -0.2) is 18.9 Å². The number of fused-ring (bicyclic) bond motifs is 1. The van der Waals surface area contributed by atoms with Gasteiger partial charge in [0, 0.05) is 12.1 Å². The van der Waals surface area contributed by atoms with E-state index in [0.29, 0.717) is 23.3 Å². The third kappa shape index (κ3) is 4.80. The van der Waals surface area contributed by atoms with Crippen molar-refractivity contribution in [2.24, 2.45) is 0 Å². The standard InChI is InChI=1S/C26H25FN4O3/c1-4-31-24-22(15-28-31)21(14-23(30-24)19-8-6-5-7-9-19)26(33)34-17(3)25(32)29-16(2)18-10-12-20(27)13-11-18/h5-17H,4H2,1-3H3,(H,29,32). The number of aryl methyl sites for hydroxylation is 1. The molecule has 0 aliphatic rings. The SMILES string of the molecule is CCn1ncc2c(C(=O)OC(C)C(=O)NC(C)c3ccc(F)cc3)cc(-c3ccccc3)nc21. The number of benzene rings is 2. The molecule has 0 radical (unpaired) electrons. The molecule has 2 aromatic carbocycles. The highest BCUT2D eigenvalue weighted by Gasteiger charge is 2.24. The van der Waals surface area contributed by atoms with Gasteiger partial charge in [-0.3, -0.25) is 4.79 Å². The minimum Gasteiger partial charge on any atom is -0.449 e. The second-order valence-electron chi connectivity index (χ2n) is 7.95. The number of rotatable bonds is 7. The first-order valence-electron chi connectivity index (χ1n) is 11.1. The van der Waals surface area contributed by atoms with Crippen molar-refractivity contribution in [3.63, 3.8) is 0 Å². The molecule has 7 nitrogen and oxygen atoms in total. The Balaban J connectivity index is 1.56. The van der Waals surface area contributed by atoms with Crippen LogP contribution in [-0.4, -0.2) is 32.7 Å². The zero-order chi connectivity index (χ0) is 24.2. The van der Waals surface area contributed by atoms with Crippen molar-refractivity contribution in [2.45, 2.75) is 39.5 Å². The van der Waals surface area contributed by atoms with Crippen LogP contribution in [0.15, 0.2) is 66.9 Å². The predicted octanol–water partition coefficient (Wildman–Crippen LogP) is 4.68. The Bertz CT molecular complexity index is 1320. The molecular formula is C26H25FN4O3. The van der Waals surface area contributed by atoms with E-state index in [1.54, 1.807) is 36.0 Å². The fraction of sp³-hybridized carbons (Fsp3) is 0.231. The normalized spacial score (nSPS) is 12.8. The first-order valence-corrected chi connectivity index (χ1v) is 11.1. The molecule has 0 spiro atoms. The molecule has 0 fully saturated rings. The van der Waals surface area contributed by atoms with Crippen LogP contribution in [0.25, 0.3) is 22.3 Å². The average Bonchev–Trinajstić information content (AvgIpc) is 3.27. The van der Waals surface area contributed by atoms with Crippen LogP contribution in [0.5, 0.6) is 0 Å². The molecule has 1 N–H and O–H groups in total. The lowest BCUT2D eigenvalue weighted by atomic mass is 10.1. The lowest BCUT2D eigenvalue weighted by molar-refractivity contribution is -0.129. The molecule has 2 atom stereocenters. The Hall–Kier alpha value is -4.07. The van der Waals surface area contributed by atoms with E-state index in [1.807, 2.05) is 37.3 Å². The first kappa shape index (κ1) is 23.1. The number of pyridine rings is 1. The molecule has 0 saturated carbocycles. The maximum absolute atomic E-state index is 13.2. The number of esters is 1. The zero-order valence-corrected chi connectivity index (χ0v) is 19.2. The van der Waals surface area contributed by atoms with Crippen molar-refractivity contribution < 1.29 is 18.7 Å². The van der Waals surface area contributed by atoms with Crippen molar-refractivity contribution in [3.05, 3.63) is 83.8 Å². The smallest absolute Gasteiger partial charge is 0.339 e. The molecule has 0 aliphatic heterocycles. The number of carbonyl (C=O) groups is 2. The number of halogens is 1. The number of nitrogens with one attached hydrogen (secondary N) is 1. The van der Waals surface area contributed by atoms with Gasteiger partial charge in [0.2, 0.25) is 0 Å². The number of hydrogen-bond acceptors (Lipinski definition) is 5. The summed E-state index contributed by atoms with van der Waals surface area (Å²) in [5.41, 5.74) is 3.05. The number of nitrogens with zero attached hydrogens (tertiary/aromatic N) is 3. The highest BCUT2D eigenvalue weighted by Crippen LogP contribution is 2.26. The topological polar surface area (TPSA) is 86.1 Å². The van der Waals surface area contributed by atoms with Crippen LogP contribution < -0.4 is 5.32 Å². The molecule has 0 aliphatic carbocycles. The summed E-state index contributed by atoms with van der Waals surface area (Å²) < 4.78 is 20.4. The summed E-state index contributed by atoms with van der Waals surface area (Å²) in [6.07, 6.45) is 0.540. The van der Waals surface area contributed by atoms with E-state index in [1.165, 1.54) is 19.1 Å². The average molecular weight is 461 g/mol. The van der Waals surface area contributed by atoms with E-state index in [-0.39, 0.29) is 17.4 Å². The second kappa shape index (κ2) is 9.82. The molecular weight excluding hydrogens is 435 g/mol. The minimum absolute atomic E-state index is 0.287. The molecule has 0 saturated heterocycles. The summed E-state index contributed by atoms with van der Waals surface area (Å²) >= 11 is 0. The van der Waals surface area contributed by atoms with Crippen LogP contribution in [0, 0.1) is 5.82 Å². The number of amides is 1. The highest BCUT2D eigenvalue weighted by atomic mass is 19.1. The van der Waals surface area contributed by atoms with E-state index in [0.717, 1.165) is 11.1 Å². The van der Waals surface area contributed by atoms with Gasteiger partial charge in [0.15, 0.2) is 11.8 Å². The summed E-state index contributed by atoms with van der Waals surface area (Å²) in [5, 5.41) is 7.67. The quantitative estimate of drug-likeness (QED) is 0.405. The van der Waals surface area contributed by atoms with Crippen molar-refractivity contribution >= 4 is 22.9 Å². The maximum Gasteiger partial charge on any atom is 0.339 e. The second-order valence-corrected chi connectivity index (χ2v) is 7.95. The number of ether oxygens (including phenoxy) is 1. The Morgan fingerprint density at radius 3 is 2.47 bits per heavy atom. The molecule has 1 amide bonds.